The van der Waals surface area contributed by atoms with Crippen LogP contribution < -0.4 is 11.1 Å². The van der Waals surface area contributed by atoms with Gasteiger partial charge in [0.2, 0.25) is 0 Å². The lowest BCUT2D eigenvalue weighted by atomic mass is 10.3. The molecule has 0 radical (unpaired) electrons. The fourth-order valence-electron chi connectivity index (χ4n) is 1.63. The molecule has 5 heteroatoms. The third kappa shape index (κ3) is 4.79. The molecule has 1 aromatic heterocycles. The van der Waals surface area contributed by atoms with E-state index in [1.54, 1.807) is 12.3 Å². The van der Waals surface area contributed by atoms with Crippen LogP contribution in [-0.4, -0.2) is 36.1 Å². The lowest BCUT2D eigenvalue weighted by Gasteiger charge is -2.17. The van der Waals surface area contributed by atoms with Crippen molar-refractivity contribution in [3.05, 3.63) is 17.3 Å². The fourth-order valence-corrected chi connectivity index (χ4v) is 1.87. The number of anilines is 2. The van der Waals surface area contributed by atoms with Crippen LogP contribution in [0.2, 0.25) is 5.02 Å². The molecule has 0 aliphatic rings. The first kappa shape index (κ1) is 14.1. The van der Waals surface area contributed by atoms with Gasteiger partial charge in [-0.25, -0.2) is 4.98 Å². The number of nitrogens with one attached hydrogen (secondary N) is 1. The van der Waals surface area contributed by atoms with Gasteiger partial charge in [-0.3, -0.25) is 0 Å². The highest BCUT2D eigenvalue weighted by Gasteiger charge is 2.02. The molecule has 0 spiro atoms. The summed E-state index contributed by atoms with van der Waals surface area (Å²) >= 11 is 6.01. The lowest BCUT2D eigenvalue weighted by molar-refractivity contribution is 0.303. The van der Waals surface area contributed by atoms with E-state index in [0.717, 1.165) is 32.6 Å². The van der Waals surface area contributed by atoms with Gasteiger partial charge in [0.05, 0.1) is 16.9 Å². The molecule has 0 bridgehead atoms. The Morgan fingerprint density at radius 1 is 1.41 bits per heavy atom. The van der Waals surface area contributed by atoms with Crippen molar-refractivity contribution < 1.29 is 0 Å². The molecule has 0 fully saturated rings. The van der Waals surface area contributed by atoms with Crippen molar-refractivity contribution in [3.63, 3.8) is 0 Å². The second kappa shape index (κ2) is 7.35. The predicted octanol–water partition coefficient (Wildman–Crippen LogP) is 2.46. The molecule has 0 aliphatic heterocycles. The third-order valence-corrected chi connectivity index (χ3v) is 2.99. The number of nitrogens with two attached hydrogens (primary N) is 1. The fraction of sp³-hybridized carbons (Fsp3) is 0.583. The Hall–Kier alpha value is -1.00. The number of halogens is 1. The molecular formula is C12H21ClN4. The van der Waals surface area contributed by atoms with Gasteiger partial charge in [0.15, 0.2) is 0 Å². The van der Waals surface area contributed by atoms with Gasteiger partial charge in [0.1, 0.15) is 5.82 Å². The number of hydrogen-bond donors (Lipinski definition) is 2. The van der Waals surface area contributed by atoms with Gasteiger partial charge in [0.25, 0.3) is 0 Å². The first-order chi connectivity index (χ1) is 8.17. The summed E-state index contributed by atoms with van der Waals surface area (Å²) in [6, 6.07) is 1.71. The van der Waals surface area contributed by atoms with Crippen molar-refractivity contribution in [3.8, 4) is 0 Å². The van der Waals surface area contributed by atoms with Crippen LogP contribution in [0.1, 0.15) is 20.3 Å². The van der Waals surface area contributed by atoms with Gasteiger partial charge in [-0.2, -0.15) is 0 Å². The van der Waals surface area contributed by atoms with Gasteiger partial charge in [-0.05, 0) is 32.1 Å². The number of rotatable bonds is 7. The van der Waals surface area contributed by atoms with Crippen molar-refractivity contribution >= 4 is 23.1 Å². The molecule has 1 heterocycles. The third-order valence-electron chi connectivity index (χ3n) is 2.70. The highest BCUT2D eigenvalue weighted by Crippen LogP contribution is 2.20. The minimum atomic E-state index is 0.577. The lowest BCUT2D eigenvalue weighted by Crippen LogP contribution is -2.25. The molecular weight excluding hydrogens is 236 g/mol. The summed E-state index contributed by atoms with van der Waals surface area (Å²) in [6.07, 6.45) is 2.68. The van der Waals surface area contributed by atoms with Crippen molar-refractivity contribution in [1.29, 1.82) is 0 Å². The normalized spacial score (nSPS) is 10.8. The first-order valence-corrected chi connectivity index (χ1v) is 6.42. The largest absolute Gasteiger partial charge is 0.397 e. The van der Waals surface area contributed by atoms with Crippen LogP contribution >= 0.6 is 11.6 Å². The minimum Gasteiger partial charge on any atom is -0.397 e. The Balaban J connectivity index is 2.31. The van der Waals surface area contributed by atoms with Crippen molar-refractivity contribution in [2.45, 2.75) is 20.3 Å². The summed E-state index contributed by atoms with van der Waals surface area (Å²) in [5, 5.41) is 3.80. The van der Waals surface area contributed by atoms with Crippen LogP contribution in [0.5, 0.6) is 0 Å². The van der Waals surface area contributed by atoms with Gasteiger partial charge >= 0.3 is 0 Å². The van der Waals surface area contributed by atoms with Crippen molar-refractivity contribution in [2.24, 2.45) is 0 Å². The molecule has 96 valence electrons. The summed E-state index contributed by atoms with van der Waals surface area (Å²) in [7, 11) is 0. The molecule has 0 amide bonds. The van der Waals surface area contributed by atoms with E-state index in [-0.39, 0.29) is 0 Å². The Morgan fingerprint density at radius 2 is 2.12 bits per heavy atom. The van der Waals surface area contributed by atoms with Crippen LogP contribution in [0.3, 0.4) is 0 Å². The van der Waals surface area contributed by atoms with E-state index < -0.39 is 0 Å². The van der Waals surface area contributed by atoms with Crippen LogP contribution in [-0.2, 0) is 0 Å². The van der Waals surface area contributed by atoms with E-state index >= 15 is 0 Å². The number of aromatic nitrogens is 1. The SMILES string of the molecule is CCN(CC)CCCNc1ncc(N)cc1Cl. The van der Waals surface area contributed by atoms with E-state index in [4.69, 9.17) is 17.3 Å². The molecule has 0 atom stereocenters. The molecule has 3 N–H and O–H groups in total. The summed E-state index contributed by atoms with van der Waals surface area (Å²) < 4.78 is 0. The van der Waals surface area contributed by atoms with E-state index in [9.17, 15) is 0 Å². The summed E-state index contributed by atoms with van der Waals surface area (Å²) in [5.74, 6) is 0.709. The second-order valence-corrected chi connectivity index (χ2v) is 4.31. The average Bonchev–Trinajstić information content (AvgIpc) is 2.32. The quantitative estimate of drug-likeness (QED) is 0.736. The molecule has 0 saturated heterocycles. The van der Waals surface area contributed by atoms with E-state index in [1.165, 1.54) is 0 Å². The Morgan fingerprint density at radius 3 is 2.71 bits per heavy atom. The maximum absolute atomic E-state index is 6.01. The smallest absolute Gasteiger partial charge is 0.144 e. The topological polar surface area (TPSA) is 54.2 Å². The maximum Gasteiger partial charge on any atom is 0.144 e. The van der Waals surface area contributed by atoms with Gasteiger partial charge < -0.3 is 16.0 Å². The molecule has 0 saturated carbocycles. The number of hydrogen-bond acceptors (Lipinski definition) is 4. The Kier molecular flexibility index (Phi) is 6.08. The Labute approximate surface area is 108 Å². The van der Waals surface area contributed by atoms with Crippen molar-refractivity contribution in [1.82, 2.24) is 9.88 Å². The molecule has 1 aromatic rings. The zero-order valence-corrected chi connectivity index (χ0v) is 11.3. The number of nitrogen functional groups attached to an aromatic ring is 1. The van der Waals surface area contributed by atoms with Crippen molar-refractivity contribution in [2.75, 3.05) is 37.2 Å². The van der Waals surface area contributed by atoms with Crippen LogP contribution in [0, 0.1) is 0 Å². The molecule has 4 nitrogen and oxygen atoms in total. The standard InChI is InChI=1S/C12H21ClN4/c1-3-17(4-2)7-5-6-15-12-11(13)8-10(14)9-16-12/h8-9H,3-7,14H2,1-2H3,(H,15,16). The van der Waals surface area contributed by atoms with Crippen LogP contribution in [0.25, 0.3) is 0 Å². The van der Waals surface area contributed by atoms with Crippen LogP contribution in [0.4, 0.5) is 11.5 Å². The highest BCUT2D eigenvalue weighted by atomic mass is 35.5. The average molecular weight is 257 g/mol. The number of nitrogens with zero attached hydrogens (tertiary/aromatic N) is 2. The second-order valence-electron chi connectivity index (χ2n) is 3.91. The summed E-state index contributed by atoms with van der Waals surface area (Å²) in [6.45, 7) is 8.50. The van der Waals surface area contributed by atoms with E-state index in [2.05, 4.69) is 29.0 Å². The van der Waals surface area contributed by atoms with E-state index in [1.807, 2.05) is 0 Å². The molecule has 1 rings (SSSR count). The zero-order chi connectivity index (χ0) is 12.7. The van der Waals surface area contributed by atoms with E-state index in [0.29, 0.717) is 16.5 Å². The maximum atomic E-state index is 6.01. The van der Waals surface area contributed by atoms with Crippen LogP contribution in [0.15, 0.2) is 12.3 Å². The predicted molar refractivity (Wildman–Crippen MR) is 74.6 cm³/mol. The molecule has 0 aromatic carbocycles. The summed E-state index contributed by atoms with van der Waals surface area (Å²) in [5.41, 5.74) is 6.16. The van der Waals surface area contributed by atoms with Gasteiger partial charge in [0, 0.05) is 6.54 Å². The zero-order valence-electron chi connectivity index (χ0n) is 10.5. The Bertz CT molecular complexity index is 339. The molecule has 17 heavy (non-hydrogen) atoms. The molecule has 0 unspecified atom stereocenters. The summed E-state index contributed by atoms with van der Waals surface area (Å²) in [4.78, 5) is 6.54. The highest BCUT2D eigenvalue weighted by molar-refractivity contribution is 6.33. The minimum absolute atomic E-state index is 0.577. The van der Waals surface area contributed by atoms with Gasteiger partial charge in [-0.1, -0.05) is 25.4 Å². The monoisotopic (exact) mass is 256 g/mol. The molecule has 0 aliphatic carbocycles. The first-order valence-electron chi connectivity index (χ1n) is 6.04. The van der Waals surface area contributed by atoms with Gasteiger partial charge in [-0.15, -0.1) is 0 Å². The number of pyridine rings is 1.